The van der Waals surface area contributed by atoms with E-state index in [1.54, 1.807) is 24.8 Å². The van der Waals surface area contributed by atoms with Crippen molar-refractivity contribution in [3.8, 4) is 0 Å². The Morgan fingerprint density at radius 2 is 1.85 bits per heavy atom. The summed E-state index contributed by atoms with van der Waals surface area (Å²) in [5.41, 5.74) is 0.587. The molecule has 2 aromatic rings. The summed E-state index contributed by atoms with van der Waals surface area (Å²) in [7, 11) is 0. The lowest BCUT2D eigenvalue weighted by molar-refractivity contribution is -0.114. The molecule has 0 saturated heterocycles. The molecule has 0 fully saturated rings. The van der Waals surface area contributed by atoms with Crippen molar-refractivity contribution in [1.82, 2.24) is 9.55 Å². The lowest BCUT2D eigenvalue weighted by atomic mass is 10.1. The fourth-order valence-electron chi connectivity index (χ4n) is 2.20. The maximum atomic E-state index is 12.1. The predicted molar refractivity (Wildman–Crippen MR) is 75.4 cm³/mol. The molecule has 0 aliphatic carbocycles. The first kappa shape index (κ1) is 13.1. The molecule has 102 valence electrons. The number of carbonyl (C=O) groups excluding carboxylic acids is 2. The van der Waals surface area contributed by atoms with E-state index in [1.165, 1.54) is 11.0 Å². The number of Topliss-reactive ketones (excluding diaryl/α,β-unsaturated/α-hetero) is 1. The van der Waals surface area contributed by atoms with E-state index in [9.17, 15) is 9.59 Å². The molecule has 5 nitrogen and oxygen atoms in total. The number of rotatable bonds is 3. The molecular weight excluding hydrogens is 301 g/mol. The molecule has 0 bridgehead atoms. The van der Waals surface area contributed by atoms with Crippen LogP contribution in [0.4, 0.5) is 5.69 Å². The number of amides is 1. The lowest BCUT2D eigenvalue weighted by Gasteiger charge is -2.17. The number of anilines is 1. The highest BCUT2D eigenvalue weighted by molar-refractivity contribution is 6.56. The summed E-state index contributed by atoms with van der Waals surface area (Å²) >= 11 is 12.1. The Morgan fingerprint density at radius 1 is 1.10 bits per heavy atom. The minimum Gasteiger partial charge on any atom is -0.336 e. The number of ketones is 1. The van der Waals surface area contributed by atoms with E-state index < -0.39 is 11.7 Å². The Hall–Kier alpha value is -1.85. The Labute approximate surface area is 124 Å². The van der Waals surface area contributed by atoms with Crippen molar-refractivity contribution in [2.75, 3.05) is 11.4 Å². The molecule has 1 amide bonds. The number of nitrogens with zero attached hydrogens (tertiary/aromatic N) is 3. The summed E-state index contributed by atoms with van der Waals surface area (Å²) in [5, 5.41) is 0.585. The number of halogens is 2. The highest BCUT2D eigenvalue weighted by Crippen LogP contribution is 2.39. The third kappa shape index (κ3) is 1.99. The van der Waals surface area contributed by atoms with Gasteiger partial charge in [0.25, 0.3) is 11.7 Å². The summed E-state index contributed by atoms with van der Waals surface area (Å²) < 4.78 is 1.81. The van der Waals surface area contributed by atoms with E-state index in [2.05, 4.69) is 4.98 Å². The van der Waals surface area contributed by atoms with Crippen molar-refractivity contribution in [2.45, 2.75) is 6.54 Å². The van der Waals surface area contributed by atoms with Crippen molar-refractivity contribution in [2.24, 2.45) is 0 Å². The number of imidazole rings is 1. The van der Waals surface area contributed by atoms with Crippen LogP contribution in [-0.2, 0) is 11.3 Å². The van der Waals surface area contributed by atoms with Crippen LogP contribution >= 0.6 is 23.2 Å². The quantitative estimate of drug-likeness (QED) is 0.818. The van der Waals surface area contributed by atoms with Gasteiger partial charge in [0, 0.05) is 25.5 Å². The second kappa shape index (κ2) is 4.92. The summed E-state index contributed by atoms with van der Waals surface area (Å²) in [6.07, 6.45) is 5.07. The van der Waals surface area contributed by atoms with Crippen LogP contribution in [0.5, 0.6) is 0 Å². The summed E-state index contributed by atoms with van der Waals surface area (Å²) in [6.45, 7) is 0.843. The SMILES string of the molecule is O=C1C(=O)N(CCn2ccnc2)c2c(Cl)ccc(Cl)c21. The van der Waals surface area contributed by atoms with Gasteiger partial charge in [-0.1, -0.05) is 23.2 Å². The van der Waals surface area contributed by atoms with E-state index in [1.807, 2.05) is 4.57 Å². The van der Waals surface area contributed by atoms with Crippen LogP contribution in [0.15, 0.2) is 30.9 Å². The molecule has 0 atom stereocenters. The van der Waals surface area contributed by atoms with Gasteiger partial charge in [-0.15, -0.1) is 0 Å². The van der Waals surface area contributed by atoms with Crippen LogP contribution in [0.25, 0.3) is 0 Å². The average Bonchev–Trinajstić information content (AvgIpc) is 3.02. The fourth-order valence-corrected chi connectivity index (χ4v) is 2.70. The van der Waals surface area contributed by atoms with E-state index in [4.69, 9.17) is 23.2 Å². The number of hydrogen-bond donors (Lipinski definition) is 0. The van der Waals surface area contributed by atoms with Crippen molar-refractivity contribution in [3.63, 3.8) is 0 Å². The zero-order valence-corrected chi connectivity index (χ0v) is 11.7. The molecule has 0 N–H and O–H groups in total. The molecular formula is C13H9Cl2N3O2. The number of fused-ring (bicyclic) bond motifs is 1. The largest absolute Gasteiger partial charge is 0.336 e. The molecule has 2 heterocycles. The molecule has 3 rings (SSSR count). The molecule has 1 aliphatic heterocycles. The highest BCUT2D eigenvalue weighted by atomic mass is 35.5. The first-order chi connectivity index (χ1) is 9.59. The number of hydrogen-bond acceptors (Lipinski definition) is 3. The van der Waals surface area contributed by atoms with Gasteiger partial charge < -0.3 is 9.47 Å². The fraction of sp³-hybridized carbons (Fsp3) is 0.154. The molecule has 0 radical (unpaired) electrons. The molecule has 0 spiro atoms. The number of benzene rings is 1. The van der Waals surface area contributed by atoms with Crippen LogP contribution in [-0.4, -0.2) is 27.8 Å². The first-order valence-electron chi connectivity index (χ1n) is 5.89. The molecule has 7 heteroatoms. The maximum Gasteiger partial charge on any atom is 0.299 e. The smallest absolute Gasteiger partial charge is 0.299 e. The monoisotopic (exact) mass is 309 g/mol. The van der Waals surface area contributed by atoms with Gasteiger partial charge in [-0.3, -0.25) is 9.59 Å². The van der Waals surface area contributed by atoms with Crippen LogP contribution < -0.4 is 4.90 Å². The Morgan fingerprint density at radius 3 is 2.55 bits per heavy atom. The van der Waals surface area contributed by atoms with E-state index >= 15 is 0 Å². The van der Waals surface area contributed by atoms with Crippen molar-refractivity contribution >= 4 is 40.6 Å². The molecule has 20 heavy (non-hydrogen) atoms. The molecule has 1 aromatic carbocycles. The zero-order chi connectivity index (χ0) is 14.3. The summed E-state index contributed by atoms with van der Waals surface area (Å²) in [6, 6.07) is 3.10. The first-order valence-corrected chi connectivity index (χ1v) is 6.65. The van der Waals surface area contributed by atoms with Gasteiger partial charge in [-0.25, -0.2) is 4.98 Å². The van der Waals surface area contributed by atoms with Gasteiger partial charge in [0.15, 0.2) is 0 Å². The second-order valence-corrected chi connectivity index (χ2v) is 5.15. The van der Waals surface area contributed by atoms with Gasteiger partial charge in [-0.2, -0.15) is 0 Å². The van der Waals surface area contributed by atoms with Crippen LogP contribution in [0.2, 0.25) is 10.0 Å². The zero-order valence-electron chi connectivity index (χ0n) is 10.2. The summed E-state index contributed by atoms with van der Waals surface area (Å²) in [4.78, 5) is 29.3. The lowest BCUT2D eigenvalue weighted by Crippen LogP contribution is -2.32. The highest BCUT2D eigenvalue weighted by Gasteiger charge is 2.38. The Bertz CT molecular complexity index is 698. The maximum absolute atomic E-state index is 12.1. The van der Waals surface area contributed by atoms with Crippen molar-refractivity contribution < 1.29 is 9.59 Å². The normalized spacial score (nSPS) is 14.0. The van der Waals surface area contributed by atoms with Crippen molar-refractivity contribution in [3.05, 3.63) is 46.5 Å². The van der Waals surface area contributed by atoms with Gasteiger partial charge in [0.2, 0.25) is 0 Å². The van der Waals surface area contributed by atoms with Crippen LogP contribution in [0.1, 0.15) is 10.4 Å². The average molecular weight is 310 g/mol. The Kier molecular flexibility index (Phi) is 3.23. The van der Waals surface area contributed by atoms with Gasteiger partial charge in [0.05, 0.1) is 27.6 Å². The topological polar surface area (TPSA) is 55.2 Å². The minimum absolute atomic E-state index is 0.190. The van der Waals surface area contributed by atoms with Gasteiger partial charge in [-0.05, 0) is 12.1 Å². The molecule has 0 saturated carbocycles. The molecule has 1 aliphatic rings. The minimum atomic E-state index is -0.613. The van der Waals surface area contributed by atoms with Crippen molar-refractivity contribution in [1.29, 1.82) is 0 Å². The predicted octanol–water partition coefficient (Wildman–Crippen LogP) is 2.42. The second-order valence-electron chi connectivity index (χ2n) is 4.34. The van der Waals surface area contributed by atoms with Gasteiger partial charge in [0.1, 0.15) is 0 Å². The van der Waals surface area contributed by atoms with Gasteiger partial charge >= 0.3 is 0 Å². The third-order valence-corrected chi connectivity index (χ3v) is 3.78. The van der Waals surface area contributed by atoms with E-state index in [-0.39, 0.29) is 10.6 Å². The third-order valence-electron chi connectivity index (χ3n) is 3.16. The summed E-state index contributed by atoms with van der Waals surface area (Å²) in [5.74, 6) is -1.21. The standard InChI is InChI=1S/C13H9Cl2N3O2/c14-8-1-2-9(15)11-10(8)12(19)13(20)18(11)6-5-17-4-3-16-7-17/h1-4,7H,5-6H2. The van der Waals surface area contributed by atoms with Crippen LogP contribution in [0.3, 0.4) is 0 Å². The molecule has 1 aromatic heterocycles. The molecule has 0 unspecified atom stereocenters. The van der Waals surface area contributed by atoms with E-state index in [0.29, 0.717) is 23.8 Å². The number of aromatic nitrogens is 2. The van der Waals surface area contributed by atoms with E-state index in [0.717, 1.165) is 0 Å². The van der Waals surface area contributed by atoms with Crippen LogP contribution in [0, 0.1) is 0 Å². The number of carbonyl (C=O) groups is 2. The Balaban J connectivity index is 1.96.